The van der Waals surface area contributed by atoms with E-state index in [1.54, 1.807) is 48.9 Å². The number of fused-ring (bicyclic) bond motifs is 1. The van der Waals surface area contributed by atoms with Crippen LogP contribution in [-0.4, -0.2) is 29.8 Å². The van der Waals surface area contributed by atoms with Gasteiger partial charge < -0.3 is 19.9 Å². The van der Waals surface area contributed by atoms with Gasteiger partial charge in [-0.05, 0) is 83.1 Å². The first-order chi connectivity index (χ1) is 18.8. The standard InChI is InChI=1S/C29H24IN3O5S/c1-16-24(27(35)32-19-9-5-4-6-10-19)25(18-8-7-11-20(15-18)37-2)33-28(36)23(39-29(33)31-16)14-17-12-21(30)26(34)22(13-17)38-3/h4-15,25,34H,1-3H3,(H,32,35)/b23-14-/t25-/m0/s1. The van der Waals surface area contributed by atoms with Crippen LogP contribution in [-0.2, 0) is 4.79 Å². The molecule has 8 nitrogen and oxygen atoms in total. The topological polar surface area (TPSA) is 102 Å². The van der Waals surface area contributed by atoms with Crippen LogP contribution < -0.4 is 29.7 Å². The zero-order valence-electron chi connectivity index (χ0n) is 21.3. The summed E-state index contributed by atoms with van der Waals surface area (Å²) in [6, 6.07) is 19.2. The van der Waals surface area contributed by atoms with Gasteiger partial charge in [0.15, 0.2) is 16.3 Å². The minimum Gasteiger partial charge on any atom is -0.504 e. The molecule has 2 N–H and O–H groups in total. The van der Waals surface area contributed by atoms with Gasteiger partial charge in [-0.1, -0.05) is 41.7 Å². The summed E-state index contributed by atoms with van der Waals surface area (Å²) in [5.41, 5.74) is 2.65. The fourth-order valence-electron chi connectivity index (χ4n) is 4.44. The van der Waals surface area contributed by atoms with Crippen molar-refractivity contribution in [1.82, 2.24) is 4.57 Å². The van der Waals surface area contributed by atoms with Crippen LogP contribution >= 0.6 is 33.9 Å². The number of thiazole rings is 1. The number of phenolic OH excluding ortho intramolecular Hbond substituents is 1. The number of carbonyl (C=O) groups is 1. The van der Waals surface area contributed by atoms with E-state index in [2.05, 4.69) is 10.3 Å². The van der Waals surface area contributed by atoms with Crippen molar-refractivity contribution in [3.05, 3.63) is 112 Å². The van der Waals surface area contributed by atoms with E-state index in [9.17, 15) is 14.7 Å². The first-order valence-electron chi connectivity index (χ1n) is 11.9. The van der Waals surface area contributed by atoms with Crippen LogP contribution in [0.3, 0.4) is 0 Å². The van der Waals surface area contributed by atoms with Crippen molar-refractivity contribution < 1.29 is 19.4 Å². The molecule has 1 atom stereocenters. The molecular weight excluding hydrogens is 629 g/mol. The number of aromatic hydroxyl groups is 1. The van der Waals surface area contributed by atoms with Crippen LogP contribution in [0.2, 0.25) is 0 Å². The van der Waals surface area contributed by atoms with E-state index in [4.69, 9.17) is 9.47 Å². The smallest absolute Gasteiger partial charge is 0.271 e. The van der Waals surface area contributed by atoms with Crippen LogP contribution in [0.4, 0.5) is 5.69 Å². The number of hydrogen-bond acceptors (Lipinski definition) is 7. The average molecular weight is 653 g/mol. The van der Waals surface area contributed by atoms with Crippen LogP contribution in [0.25, 0.3) is 6.08 Å². The fourth-order valence-corrected chi connectivity index (χ4v) is 6.11. The summed E-state index contributed by atoms with van der Waals surface area (Å²) in [7, 11) is 3.05. The number of phenols is 1. The van der Waals surface area contributed by atoms with E-state index in [-0.39, 0.29) is 17.2 Å². The number of ether oxygens (including phenoxy) is 2. The quantitative estimate of drug-likeness (QED) is 0.304. The van der Waals surface area contributed by atoms with Crippen molar-refractivity contribution in [2.24, 2.45) is 4.99 Å². The van der Waals surface area contributed by atoms with E-state index in [1.807, 2.05) is 65.1 Å². The lowest BCUT2D eigenvalue weighted by Crippen LogP contribution is -2.40. The molecule has 3 aromatic carbocycles. The number of para-hydroxylation sites is 1. The minimum atomic E-state index is -0.725. The van der Waals surface area contributed by atoms with Gasteiger partial charge >= 0.3 is 0 Å². The zero-order chi connectivity index (χ0) is 27.7. The lowest BCUT2D eigenvalue weighted by molar-refractivity contribution is -0.113. The van der Waals surface area contributed by atoms with Gasteiger partial charge in [-0.2, -0.15) is 0 Å². The molecule has 198 valence electrons. The average Bonchev–Trinajstić information content (AvgIpc) is 3.24. The molecule has 10 heteroatoms. The third-order valence-corrected chi connectivity index (χ3v) is 8.08. The van der Waals surface area contributed by atoms with Gasteiger partial charge in [-0.3, -0.25) is 14.2 Å². The van der Waals surface area contributed by atoms with E-state index >= 15 is 0 Å². The molecule has 39 heavy (non-hydrogen) atoms. The number of carbonyl (C=O) groups excluding carboxylic acids is 1. The molecule has 4 aromatic rings. The maximum atomic E-state index is 13.9. The minimum absolute atomic E-state index is 0.0411. The maximum Gasteiger partial charge on any atom is 0.271 e. The molecule has 1 aliphatic rings. The summed E-state index contributed by atoms with van der Waals surface area (Å²) in [6.07, 6.45) is 1.74. The second-order valence-electron chi connectivity index (χ2n) is 8.73. The molecule has 5 rings (SSSR count). The van der Waals surface area contributed by atoms with Crippen LogP contribution in [0.5, 0.6) is 17.2 Å². The number of allylic oxidation sites excluding steroid dienone is 1. The number of anilines is 1. The normalized spacial score (nSPS) is 15.0. The molecule has 0 fully saturated rings. The second kappa shape index (κ2) is 11.1. The van der Waals surface area contributed by atoms with E-state index in [1.165, 1.54) is 18.4 Å². The summed E-state index contributed by atoms with van der Waals surface area (Å²) in [6.45, 7) is 1.78. The molecule has 0 aliphatic carbocycles. The van der Waals surface area contributed by atoms with Gasteiger partial charge in [0.2, 0.25) is 0 Å². The van der Waals surface area contributed by atoms with Gasteiger partial charge in [-0.25, -0.2) is 4.99 Å². The number of amides is 1. The molecule has 1 aromatic heterocycles. The summed E-state index contributed by atoms with van der Waals surface area (Å²) in [5, 5.41) is 13.2. The summed E-state index contributed by atoms with van der Waals surface area (Å²) < 4.78 is 13.3. The SMILES string of the molecule is COc1cccc([C@H]2C(C(=O)Nc3ccccc3)=C(C)N=c3s/c(=C\c4cc(I)c(O)c(OC)c4)c(=O)n32)c1. The Morgan fingerprint density at radius 3 is 2.59 bits per heavy atom. The highest BCUT2D eigenvalue weighted by Gasteiger charge is 2.32. The number of benzene rings is 3. The highest BCUT2D eigenvalue weighted by atomic mass is 127. The van der Waals surface area contributed by atoms with Crippen LogP contribution in [0, 0.1) is 3.57 Å². The summed E-state index contributed by atoms with van der Waals surface area (Å²) in [5.74, 6) is 0.616. The largest absolute Gasteiger partial charge is 0.504 e. The van der Waals surface area contributed by atoms with Crippen molar-refractivity contribution in [3.63, 3.8) is 0 Å². The number of methoxy groups -OCH3 is 2. The zero-order valence-corrected chi connectivity index (χ0v) is 24.2. The number of halogens is 1. The Kier molecular flexibility index (Phi) is 7.58. The Morgan fingerprint density at radius 2 is 1.87 bits per heavy atom. The van der Waals surface area contributed by atoms with E-state index < -0.39 is 6.04 Å². The first kappa shape index (κ1) is 26.7. The molecule has 1 amide bonds. The molecule has 0 radical (unpaired) electrons. The van der Waals surface area contributed by atoms with E-state index in [0.717, 1.165) is 5.56 Å². The number of nitrogens with one attached hydrogen (secondary N) is 1. The van der Waals surface area contributed by atoms with Gasteiger partial charge in [0.25, 0.3) is 11.5 Å². The molecular formula is C29H24IN3O5S. The maximum absolute atomic E-state index is 13.9. The predicted molar refractivity (Wildman–Crippen MR) is 159 cm³/mol. The Morgan fingerprint density at radius 1 is 1.10 bits per heavy atom. The van der Waals surface area contributed by atoms with Crippen molar-refractivity contribution in [2.75, 3.05) is 19.5 Å². The molecule has 1 aliphatic heterocycles. The molecule has 0 saturated carbocycles. The molecule has 0 saturated heterocycles. The van der Waals surface area contributed by atoms with Crippen molar-refractivity contribution in [3.8, 4) is 17.2 Å². The lowest BCUT2D eigenvalue weighted by atomic mass is 9.95. The Labute approximate surface area is 241 Å². The number of nitrogens with zero attached hydrogens (tertiary/aromatic N) is 2. The highest BCUT2D eigenvalue weighted by molar-refractivity contribution is 14.1. The molecule has 0 unspecified atom stereocenters. The molecule has 0 spiro atoms. The van der Waals surface area contributed by atoms with Gasteiger partial charge in [-0.15, -0.1) is 0 Å². The van der Waals surface area contributed by atoms with Crippen molar-refractivity contribution in [2.45, 2.75) is 13.0 Å². The number of aromatic nitrogens is 1. The second-order valence-corrected chi connectivity index (χ2v) is 10.9. The Bertz CT molecular complexity index is 1790. The van der Waals surface area contributed by atoms with Crippen molar-refractivity contribution in [1.29, 1.82) is 0 Å². The third kappa shape index (κ3) is 5.21. The Balaban J connectivity index is 1.69. The third-order valence-electron chi connectivity index (χ3n) is 6.28. The molecule has 0 bridgehead atoms. The number of rotatable bonds is 6. The summed E-state index contributed by atoms with van der Waals surface area (Å²) >= 11 is 3.25. The first-order valence-corrected chi connectivity index (χ1v) is 13.8. The van der Waals surface area contributed by atoms with Crippen LogP contribution in [0.1, 0.15) is 24.1 Å². The van der Waals surface area contributed by atoms with Crippen LogP contribution in [0.15, 0.2) is 87.8 Å². The highest BCUT2D eigenvalue weighted by Crippen LogP contribution is 2.34. The predicted octanol–water partition coefficient (Wildman–Crippen LogP) is 4.20. The fraction of sp³-hybridized carbons (Fsp3) is 0.138. The number of hydrogen-bond donors (Lipinski definition) is 2. The van der Waals surface area contributed by atoms with Gasteiger partial charge in [0.1, 0.15) is 5.75 Å². The lowest BCUT2D eigenvalue weighted by Gasteiger charge is -2.25. The monoisotopic (exact) mass is 653 g/mol. The molecule has 2 heterocycles. The van der Waals surface area contributed by atoms with Gasteiger partial charge in [0, 0.05) is 5.69 Å². The van der Waals surface area contributed by atoms with Crippen molar-refractivity contribution >= 4 is 51.6 Å². The van der Waals surface area contributed by atoms with Gasteiger partial charge in [0.05, 0.1) is 39.6 Å². The van der Waals surface area contributed by atoms with E-state index in [0.29, 0.717) is 46.9 Å². The Hall–Kier alpha value is -3.90. The summed E-state index contributed by atoms with van der Waals surface area (Å²) in [4.78, 5) is 32.7.